The van der Waals surface area contributed by atoms with E-state index >= 15 is 0 Å². The van der Waals surface area contributed by atoms with Gasteiger partial charge in [0, 0.05) is 44.5 Å². The fourth-order valence-electron chi connectivity index (χ4n) is 4.27. The van der Waals surface area contributed by atoms with E-state index in [1.807, 2.05) is 12.1 Å². The first-order valence-corrected chi connectivity index (χ1v) is 8.67. The number of carboxylic acid groups (broad SMARTS) is 1. The molecule has 0 radical (unpaired) electrons. The summed E-state index contributed by atoms with van der Waals surface area (Å²) in [6, 6.07) is 5.60. The summed E-state index contributed by atoms with van der Waals surface area (Å²) in [4.78, 5) is 25.2. The monoisotopic (exact) mass is 342 g/mol. The van der Waals surface area contributed by atoms with Gasteiger partial charge in [-0.2, -0.15) is 0 Å². The van der Waals surface area contributed by atoms with Crippen molar-refractivity contribution in [1.82, 2.24) is 14.9 Å². The second-order valence-electron chi connectivity index (χ2n) is 7.01. The van der Waals surface area contributed by atoms with Gasteiger partial charge in [-0.15, -0.1) is 0 Å². The van der Waals surface area contributed by atoms with Crippen molar-refractivity contribution in [3.63, 3.8) is 0 Å². The molecule has 0 aliphatic carbocycles. The van der Waals surface area contributed by atoms with Crippen LogP contribution in [0.15, 0.2) is 41.3 Å². The number of aromatic nitrogens is 2. The lowest BCUT2D eigenvalue weighted by atomic mass is 9.75. The summed E-state index contributed by atoms with van der Waals surface area (Å²) in [5.41, 5.74) is -0.698. The van der Waals surface area contributed by atoms with Crippen LogP contribution in [0.25, 0.3) is 0 Å². The van der Waals surface area contributed by atoms with Crippen molar-refractivity contribution in [3.05, 3.63) is 42.6 Å². The Morgan fingerprint density at radius 2 is 2.16 bits per heavy atom. The van der Waals surface area contributed by atoms with E-state index in [9.17, 15) is 9.90 Å². The van der Waals surface area contributed by atoms with E-state index in [0.29, 0.717) is 32.0 Å². The van der Waals surface area contributed by atoms with Crippen molar-refractivity contribution in [2.75, 3.05) is 31.1 Å². The normalized spacial score (nSPS) is 27.0. The molecule has 4 rings (SSSR count). The summed E-state index contributed by atoms with van der Waals surface area (Å²) < 4.78 is 5.44. The van der Waals surface area contributed by atoms with E-state index in [1.165, 1.54) is 0 Å². The van der Waals surface area contributed by atoms with Crippen LogP contribution in [0, 0.1) is 11.3 Å². The van der Waals surface area contributed by atoms with Gasteiger partial charge in [0.05, 0.1) is 18.2 Å². The number of furan rings is 1. The number of rotatable bonds is 4. The number of hydrogen-bond acceptors (Lipinski definition) is 6. The number of anilines is 1. The highest BCUT2D eigenvalue weighted by Crippen LogP contribution is 2.43. The first-order valence-electron chi connectivity index (χ1n) is 8.67. The minimum absolute atomic E-state index is 0.0475. The predicted molar refractivity (Wildman–Crippen MR) is 91.0 cm³/mol. The first kappa shape index (κ1) is 16.1. The van der Waals surface area contributed by atoms with Crippen LogP contribution in [0.2, 0.25) is 0 Å². The molecule has 0 aromatic carbocycles. The zero-order valence-electron chi connectivity index (χ0n) is 14.0. The molecule has 2 aliphatic heterocycles. The molecule has 1 N–H and O–H groups in total. The van der Waals surface area contributed by atoms with Gasteiger partial charge in [0.1, 0.15) is 5.76 Å². The Morgan fingerprint density at radius 3 is 2.88 bits per heavy atom. The van der Waals surface area contributed by atoms with Crippen molar-refractivity contribution in [1.29, 1.82) is 0 Å². The molecule has 0 saturated carbocycles. The smallest absolute Gasteiger partial charge is 0.311 e. The van der Waals surface area contributed by atoms with E-state index in [-0.39, 0.29) is 5.92 Å². The average Bonchev–Trinajstić information content (AvgIpc) is 3.20. The number of hydrogen-bond donors (Lipinski definition) is 1. The molecule has 0 unspecified atom stereocenters. The SMILES string of the molecule is O=C(O)[C@]12CCCN(c3ncccn3)C[C@H]1CN(Cc1ccco1)C2. The molecule has 2 saturated heterocycles. The molecule has 7 heteroatoms. The maximum absolute atomic E-state index is 12.2. The molecule has 4 heterocycles. The van der Waals surface area contributed by atoms with Gasteiger partial charge in [-0.3, -0.25) is 9.69 Å². The molecular weight excluding hydrogens is 320 g/mol. The van der Waals surface area contributed by atoms with Gasteiger partial charge in [0.25, 0.3) is 0 Å². The summed E-state index contributed by atoms with van der Waals surface area (Å²) in [6.07, 6.45) is 6.64. The molecule has 2 fully saturated rings. The fraction of sp³-hybridized carbons (Fsp3) is 0.500. The van der Waals surface area contributed by atoms with Crippen molar-refractivity contribution in [2.45, 2.75) is 19.4 Å². The van der Waals surface area contributed by atoms with E-state index in [2.05, 4.69) is 19.8 Å². The van der Waals surface area contributed by atoms with Crippen LogP contribution in [0.5, 0.6) is 0 Å². The van der Waals surface area contributed by atoms with Gasteiger partial charge in [0.2, 0.25) is 5.95 Å². The number of aliphatic carboxylic acids is 1. The summed E-state index contributed by atoms with van der Waals surface area (Å²) in [7, 11) is 0. The quantitative estimate of drug-likeness (QED) is 0.908. The lowest BCUT2D eigenvalue weighted by Gasteiger charge is -2.29. The first-order chi connectivity index (χ1) is 12.2. The summed E-state index contributed by atoms with van der Waals surface area (Å²) in [6.45, 7) is 3.44. The largest absolute Gasteiger partial charge is 0.481 e. The summed E-state index contributed by atoms with van der Waals surface area (Å²) in [5.74, 6) is 0.926. The topological polar surface area (TPSA) is 82.7 Å². The molecule has 2 aromatic heterocycles. The highest BCUT2D eigenvalue weighted by atomic mass is 16.4. The Labute approximate surface area is 146 Å². The molecule has 0 spiro atoms. The lowest BCUT2D eigenvalue weighted by molar-refractivity contribution is -0.150. The van der Waals surface area contributed by atoms with Crippen LogP contribution >= 0.6 is 0 Å². The third kappa shape index (κ3) is 3.00. The Hall–Kier alpha value is -2.41. The van der Waals surface area contributed by atoms with Crippen LogP contribution in [0.4, 0.5) is 5.95 Å². The van der Waals surface area contributed by atoms with Crippen LogP contribution in [-0.4, -0.2) is 52.1 Å². The molecular formula is C18H22N4O3. The van der Waals surface area contributed by atoms with Crippen LogP contribution in [0.1, 0.15) is 18.6 Å². The third-order valence-corrected chi connectivity index (χ3v) is 5.48. The highest BCUT2D eigenvalue weighted by molar-refractivity contribution is 5.76. The van der Waals surface area contributed by atoms with Crippen molar-refractivity contribution in [3.8, 4) is 0 Å². The Kier molecular flexibility index (Phi) is 4.17. The standard InChI is InChI=1S/C18H22N4O3/c23-16(24)18-5-2-8-22(17-19-6-3-7-20-17)11-14(18)10-21(13-18)12-15-4-1-9-25-15/h1,3-4,6-7,9,14H,2,5,8,10-13H2,(H,23,24)/t14-,18+/m1/s1. The Balaban J connectivity index is 1.56. The van der Waals surface area contributed by atoms with Crippen molar-refractivity contribution >= 4 is 11.9 Å². The minimum Gasteiger partial charge on any atom is -0.481 e. The van der Waals surface area contributed by atoms with E-state index in [0.717, 1.165) is 25.3 Å². The number of carboxylic acids is 1. The van der Waals surface area contributed by atoms with Crippen LogP contribution < -0.4 is 4.90 Å². The molecule has 2 aliphatic rings. The number of fused-ring (bicyclic) bond motifs is 1. The second-order valence-corrected chi connectivity index (χ2v) is 7.01. The fourth-order valence-corrected chi connectivity index (χ4v) is 4.27. The number of likely N-dealkylation sites (tertiary alicyclic amines) is 1. The van der Waals surface area contributed by atoms with Gasteiger partial charge in [-0.05, 0) is 31.0 Å². The third-order valence-electron chi connectivity index (χ3n) is 5.48. The second kappa shape index (κ2) is 6.48. The summed E-state index contributed by atoms with van der Waals surface area (Å²) >= 11 is 0. The zero-order valence-corrected chi connectivity index (χ0v) is 14.0. The Morgan fingerprint density at radius 1 is 1.32 bits per heavy atom. The van der Waals surface area contributed by atoms with Crippen LogP contribution in [0.3, 0.4) is 0 Å². The van der Waals surface area contributed by atoms with Gasteiger partial charge in [-0.1, -0.05) is 0 Å². The minimum atomic E-state index is -0.698. The van der Waals surface area contributed by atoms with E-state index in [1.54, 1.807) is 24.7 Å². The molecule has 132 valence electrons. The zero-order chi connectivity index (χ0) is 17.3. The average molecular weight is 342 g/mol. The Bertz CT molecular complexity index is 721. The number of nitrogens with zero attached hydrogens (tertiary/aromatic N) is 4. The predicted octanol–water partition coefficient (Wildman–Crippen LogP) is 1.87. The van der Waals surface area contributed by atoms with E-state index < -0.39 is 11.4 Å². The van der Waals surface area contributed by atoms with E-state index in [4.69, 9.17) is 4.42 Å². The van der Waals surface area contributed by atoms with Gasteiger partial charge in [-0.25, -0.2) is 9.97 Å². The maximum Gasteiger partial charge on any atom is 0.311 e. The van der Waals surface area contributed by atoms with Crippen molar-refractivity contribution < 1.29 is 14.3 Å². The van der Waals surface area contributed by atoms with Gasteiger partial charge in [0.15, 0.2) is 0 Å². The van der Waals surface area contributed by atoms with Crippen LogP contribution in [-0.2, 0) is 11.3 Å². The lowest BCUT2D eigenvalue weighted by Crippen LogP contribution is -2.41. The molecule has 0 bridgehead atoms. The molecule has 2 atom stereocenters. The molecule has 2 aromatic rings. The molecule has 7 nitrogen and oxygen atoms in total. The molecule has 25 heavy (non-hydrogen) atoms. The molecule has 0 amide bonds. The van der Waals surface area contributed by atoms with Gasteiger partial charge < -0.3 is 14.4 Å². The maximum atomic E-state index is 12.2. The highest BCUT2D eigenvalue weighted by Gasteiger charge is 2.53. The number of carbonyl (C=O) groups is 1. The van der Waals surface area contributed by atoms with Gasteiger partial charge >= 0.3 is 5.97 Å². The summed E-state index contributed by atoms with van der Waals surface area (Å²) in [5, 5.41) is 10.0. The van der Waals surface area contributed by atoms with Crippen molar-refractivity contribution in [2.24, 2.45) is 11.3 Å².